The summed E-state index contributed by atoms with van der Waals surface area (Å²) in [6.45, 7) is 12.0. The Labute approximate surface area is 213 Å². The molecule has 3 saturated carbocycles. The van der Waals surface area contributed by atoms with E-state index in [9.17, 15) is 29.9 Å². The predicted molar refractivity (Wildman–Crippen MR) is 133 cm³/mol. The Morgan fingerprint density at radius 1 is 1.03 bits per heavy atom. The van der Waals surface area contributed by atoms with Gasteiger partial charge in [0.1, 0.15) is 5.60 Å². The number of aliphatic carboxylic acids is 1. The van der Waals surface area contributed by atoms with Crippen molar-refractivity contribution in [3.8, 4) is 6.07 Å². The summed E-state index contributed by atoms with van der Waals surface area (Å²) >= 11 is 0. The molecule has 0 aromatic rings. The van der Waals surface area contributed by atoms with Crippen molar-refractivity contribution in [2.24, 2.45) is 50.7 Å². The van der Waals surface area contributed by atoms with Gasteiger partial charge in [0.25, 0.3) is 0 Å². The minimum atomic E-state index is -1.50. The van der Waals surface area contributed by atoms with Crippen molar-refractivity contribution < 1.29 is 24.6 Å². The molecule has 9 atom stereocenters. The van der Waals surface area contributed by atoms with Crippen molar-refractivity contribution in [3.05, 3.63) is 23.8 Å². The summed E-state index contributed by atoms with van der Waals surface area (Å²) < 4.78 is 0. The van der Waals surface area contributed by atoms with Crippen LogP contribution in [0.2, 0.25) is 0 Å². The molecule has 194 valence electrons. The van der Waals surface area contributed by atoms with E-state index in [0.29, 0.717) is 38.5 Å². The molecule has 0 amide bonds. The first-order chi connectivity index (χ1) is 16.5. The van der Waals surface area contributed by atoms with Crippen molar-refractivity contribution in [1.29, 1.82) is 5.26 Å². The fourth-order valence-electron chi connectivity index (χ4n) is 9.68. The lowest BCUT2D eigenvalue weighted by atomic mass is 9.33. The summed E-state index contributed by atoms with van der Waals surface area (Å²) in [4.78, 5) is 39.7. The number of nitrogens with zero attached hydrogens (tertiary/aromatic N) is 1. The van der Waals surface area contributed by atoms with Crippen LogP contribution in [0.4, 0.5) is 0 Å². The van der Waals surface area contributed by atoms with Crippen LogP contribution in [0.3, 0.4) is 0 Å². The average Bonchev–Trinajstić information content (AvgIpc) is 2.78. The van der Waals surface area contributed by atoms with Gasteiger partial charge in [-0.3, -0.25) is 14.4 Å². The Morgan fingerprint density at radius 3 is 2.28 bits per heavy atom. The Bertz CT molecular complexity index is 1170. The van der Waals surface area contributed by atoms with Crippen LogP contribution < -0.4 is 0 Å². The highest BCUT2D eigenvalue weighted by Crippen LogP contribution is 2.74. The second-order valence-corrected chi connectivity index (χ2v) is 14.0. The van der Waals surface area contributed by atoms with E-state index in [1.165, 1.54) is 6.08 Å². The third kappa shape index (κ3) is 2.73. The number of fused-ring (bicyclic) bond motifs is 7. The number of nitriles is 1. The van der Waals surface area contributed by atoms with Crippen LogP contribution in [0.1, 0.15) is 80.1 Å². The molecule has 0 radical (unpaired) electrons. The van der Waals surface area contributed by atoms with Gasteiger partial charge in [0, 0.05) is 23.2 Å². The topological polar surface area (TPSA) is 115 Å². The summed E-state index contributed by atoms with van der Waals surface area (Å²) in [7, 11) is 0. The molecule has 0 heterocycles. The number of ketones is 2. The number of carboxylic acids is 1. The molecule has 6 nitrogen and oxygen atoms in total. The minimum absolute atomic E-state index is 0.0925. The fraction of sp³-hybridized carbons (Fsp3) is 0.733. The standard InChI is InChI=1S/C30H39NO5/c1-25(2)11-13-30(24(34)35)14-12-28(5)23(22(30)17(25)16-31)18(32)15-20-26(3)9-8-21(33)29(6,36)19(26)7-10-27(20,28)4/h8-9,15,17,19,22-23,36H,7,10-14H2,1-6H3,(H,34,35)/t17?,19-,22+,23-,26+,27-,28-,29+,30+/m1/s1. The van der Waals surface area contributed by atoms with E-state index in [4.69, 9.17) is 0 Å². The summed E-state index contributed by atoms with van der Waals surface area (Å²) in [5, 5.41) is 32.1. The average molecular weight is 494 g/mol. The zero-order chi connectivity index (χ0) is 26.7. The molecular formula is C30H39NO5. The van der Waals surface area contributed by atoms with Crippen LogP contribution >= 0.6 is 0 Å². The number of hydrogen-bond donors (Lipinski definition) is 2. The van der Waals surface area contributed by atoms with E-state index in [0.717, 1.165) is 5.57 Å². The number of carboxylic acid groups (broad SMARTS) is 1. The third-order valence-corrected chi connectivity index (χ3v) is 12.2. The number of aliphatic hydroxyl groups is 1. The van der Waals surface area contributed by atoms with Gasteiger partial charge in [-0.05, 0) is 73.8 Å². The van der Waals surface area contributed by atoms with Crippen molar-refractivity contribution in [2.75, 3.05) is 0 Å². The molecule has 5 rings (SSSR count). The van der Waals surface area contributed by atoms with E-state index in [1.54, 1.807) is 13.0 Å². The van der Waals surface area contributed by atoms with Crippen LogP contribution in [0.5, 0.6) is 0 Å². The van der Waals surface area contributed by atoms with E-state index in [2.05, 4.69) is 19.9 Å². The zero-order valence-corrected chi connectivity index (χ0v) is 22.4. The van der Waals surface area contributed by atoms with E-state index in [-0.39, 0.29) is 22.9 Å². The molecule has 0 aliphatic heterocycles. The van der Waals surface area contributed by atoms with Gasteiger partial charge in [-0.2, -0.15) is 5.26 Å². The third-order valence-electron chi connectivity index (χ3n) is 12.2. The molecule has 5 aliphatic carbocycles. The van der Waals surface area contributed by atoms with Gasteiger partial charge in [-0.25, -0.2) is 0 Å². The second kappa shape index (κ2) is 7.19. The molecular weight excluding hydrogens is 454 g/mol. The van der Waals surface area contributed by atoms with Crippen LogP contribution in [0, 0.1) is 62.1 Å². The predicted octanol–water partition coefficient (Wildman–Crippen LogP) is 4.87. The normalized spacial score (nSPS) is 51.1. The Kier molecular flexibility index (Phi) is 5.07. The molecule has 1 unspecified atom stereocenters. The molecule has 0 saturated heterocycles. The molecule has 3 fully saturated rings. The highest BCUT2D eigenvalue weighted by Gasteiger charge is 2.72. The van der Waals surface area contributed by atoms with Crippen molar-refractivity contribution in [3.63, 3.8) is 0 Å². The lowest BCUT2D eigenvalue weighted by molar-refractivity contribution is -0.197. The summed E-state index contributed by atoms with van der Waals surface area (Å²) in [6.07, 6.45) is 8.59. The molecule has 0 spiro atoms. The lowest BCUT2D eigenvalue weighted by Crippen LogP contribution is -2.67. The molecule has 0 aromatic carbocycles. The maximum absolute atomic E-state index is 14.2. The highest BCUT2D eigenvalue weighted by molar-refractivity contribution is 5.99. The number of allylic oxidation sites excluding steroid dienone is 3. The van der Waals surface area contributed by atoms with Crippen LogP contribution in [0.25, 0.3) is 0 Å². The van der Waals surface area contributed by atoms with Crippen LogP contribution in [-0.4, -0.2) is 33.3 Å². The first-order valence-electron chi connectivity index (χ1n) is 13.4. The van der Waals surface area contributed by atoms with Crippen molar-refractivity contribution >= 4 is 17.5 Å². The van der Waals surface area contributed by atoms with E-state index >= 15 is 0 Å². The molecule has 0 aromatic heterocycles. The van der Waals surface area contributed by atoms with Crippen molar-refractivity contribution in [2.45, 2.75) is 85.7 Å². The molecule has 2 N–H and O–H groups in total. The number of carbonyl (C=O) groups is 3. The number of hydrogen-bond acceptors (Lipinski definition) is 5. The van der Waals surface area contributed by atoms with Crippen LogP contribution in [0.15, 0.2) is 23.8 Å². The van der Waals surface area contributed by atoms with Gasteiger partial charge in [0.2, 0.25) is 0 Å². The highest BCUT2D eigenvalue weighted by atomic mass is 16.4. The van der Waals surface area contributed by atoms with Gasteiger partial charge < -0.3 is 10.2 Å². The number of rotatable bonds is 1. The smallest absolute Gasteiger partial charge is 0.309 e. The van der Waals surface area contributed by atoms with Crippen LogP contribution in [-0.2, 0) is 14.4 Å². The summed E-state index contributed by atoms with van der Waals surface area (Å²) in [5.41, 5.74) is -3.62. The first kappa shape index (κ1) is 25.4. The van der Waals surface area contributed by atoms with Gasteiger partial charge in [0.05, 0.1) is 17.4 Å². The maximum atomic E-state index is 14.2. The minimum Gasteiger partial charge on any atom is -0.481 e. The summed E-state index contributed by atoms with van der Waals surface area (Å²) in [6, 6.07) is 2.48. The SMILES string of the molecule is CC1(C)CC[C@]2(C(=O)O)CC[C@]3(C)[C@H](C(=O)C=C4[C@@]5(C)C=CC(=O)[C@@](C)(O)[C@@H]5CC[C@]43C)[C@@H]2C1C#N. The monoisotopic (exact) mass is 493 g/mol. The van der Waals surface area contributed by atoms with Crippen molar-refractivity contribution in [1.82, 2.24) is 0 Å². The largest absolute Gasteiger partial charge is 0.481 e. The lowest BCUT2D eigenvalue weighted by Gasteiger charge is -2.69. The zero-order valence-electron chi connectivity index (χ0n) is 22.4. The molecule has 0 bridgehead atoms. The van der Waals surface area contributed by atoms with Gasteiger partial charge >= 0.3 is 5.97 Å². The quantitative estimate of drug-likeness (QED) is 0.538. The van der Waals surface area contributed by atoms with Gasteiger partial charge in [-0.15, -0.1) is 0 Å². The number of carbonyl (C=O) groups excluding carboxylic acids is 2. The first-order valence-corrected chi connectivity index (χ1v) is 13.4. The van der Waals surface area contributed by atoms with E-state index in [1.807, 2.05) is 26.8 Å². The fourth-order valence-corrected chi connectivity index (χ4v) is 9.68. The molecule has 36 heavy (non-hydrogen) atoms. The van der Waals surface area contributed by atoms with E-state index < -0.39 is 51.0 Å². The summed E-state index contributed by atoms with van der Waals surface area (Å²) in [5.74, 6) is -3.25. The Morgan fingerprint density at radius 2 is 1.67 bits per heavy atom. The Hall–Kier alpha value is -2.26. The molecule has 6 heteroatoms. The van der Waals surface area contributed by atoms with Gasteiger partial charge in [0.15, 0.2) is 11.6 Å². The second-order valence-electron chi connectivity index (χ2n) is 14.0. The Balaban J connectivity index is 1.73. The maximum Gasteiger partial charge on any atom is 0.309 e. The molecule has 5 aliphatic rings. The van der Waals surface area contributed by atoms with Gasteiger partial charge in [-0.1, -0.05) is 46.3 Å².